The molecular weight excluding hydrogens is 366 g/mol. The van der Waals surface area contributed by atoms with E-state index in [-0.39, 0.29) is 5.91 Å². The average molecular weight is 394 g/mol. The predicted molar refractivity (Wildman–Crippen MR) is 107 cm³/mol. The number of amides is 1. The molecular formula is C19H28ClN5O2. The Morgan fingerprint density at radius 2 is 2.19 bits per heavy atom. The number of nitrogens with zero attached hydrogens (tertiary/aromatic N) is 4. The van der Waals surface area contributed by atoms with Crippen molar-refractivity contribution in [3.8, 4) is 0 Å². The molecule has 0 atom stereocenters. The smallest absolute Gasteiger partial charge is 0.257 e. The fourth-order valence-corrected chi connectivity index (χ4v) is 3.94. The minimum Gasteiger partial charge on any atom is -0.385 e. The molecule has 1 saturated heterocycles. The molecule has 0 saturated carbocycles. The van der Waals surface area contributed by atoms with E-state index in [1.807, 2.05) is 7.05 Å². The van der Waals surface area contributed by atoms with E-state index >= 15 is 0 Å². The zero-order valence-corrected chi connectivity index (χ0v) is 16.8. The van der Waals surface area contributed by atoms with Gasteiger partial charge in [0.1, 0.15) is 5.82 Å². The molecule has 1 fully saturated rings. The van der Waals surface area contributed by atoms with Crippen LogP contribution in [0.1, 0.15) is 29.6 Å². The number of carbonyl (C=O) groups excluding carboxylic acids is 1. The highest BCUT2D eigenvalue weighted by Gasteiger charge is 2.24. The topological polar surface area (TPSA) is 76.1 Å². The van der Waals surface area contributed by atoms with Gasteiger partial charge in [-0.3, -0.25) is 9.20 Å². The maximum absolute atomic E-state index is 13.0. The number of ether oxygens (including phenoxy) is 1. The van der Waals surface area contributed by atoms with Gasteiger partial charge >= 0.3 is 0 Å². The Labute approximate surface area is 165 Å². The number of nitrogen functional groups attached to an aromatic ring is 1. The van der Waals surface area contributed by atoms with Crippen LogP contribution in [0.4, 0.5) is 5.82 Å². The third kappa shape index (κ3) is 4.54. The molecule has 1 aliphatic rings. The quantitative estimate of drug-likeness (QED) is 0.731. The van der Waals surface area contributed by atoms with Crippen LogP contribution in [0, 0.1) is 5.92 Å². The van der Waals surface area contributed by atoms with Gasteiger partial charge in [-0.05, 0) is 44.3 Å². The summed E-state index contributed by atoms with van der Waals surface area (Å²) in [6.07, 6.45) is 6.61. The second-order valence-corrected chi connectivity index (χ2v) is 7.64. The summed E-state index contributed by atoms with van der Waals surface area (Å²) in [4.78, 5) is 21.5. The summed E-state index contributed by atoms with van der Waals surface area (Å²) in [7, 11) is 3.58. The van der Waals surface area contributed by atoms with Crippen molar-refractivity contribution in [1.29, 1.82) is 0 Å². The number of anilines is 1. The van der Waals surface area contributed by atoms with Crippen LogP contribution in [0.15, 0.2) is 18.5 Å². The normalized spacial score (nSPS) is 16.1. The molecule has 2 aromatic rings. The molecule has 3 heterocycles. The third-order valence-electron chi connectivity index (χ3n) is 5.30. The number of piperidine rings is 1. The number of imidazole rings is 1. The lowest BCUT2D eigenvalue weighted by Crippen LogP contribution is -2.40. The molecule has 148 valence electrons. The van der Waals surface area contributed by atoms with E-state index in [2.05, 4.69) is 9.88 Å². The second kappa shape index (κ2) is 8.91. The van der Waals surface area contributed by atoms with Gasteiger partial charge in [-0.25, -0.2) is 4.98 Å². The Balaban J connectivity index is 1.59. The molecule has 0 bridgehead atoms. The van der Waals surface area contributed by atoms with E-state index in [1.165, 1.54) is 0 Å². The van der Waals surface area contributed by atoms with E-state index in [9.17, 15) is 4.79 Å². The summed E-state index contributed by atoms with van der Waals surface area (Å²) in [6, 6.07) is 1.62. The van der Waals surface area contributed by atoms with Crippen LogP contribution in [-0.2, 0) is 4.74 Å². The molecule has 0 radical (unpaired) electrons. The number of fused-ring (bicyclic) bond motifs is 1. The Bertz CT molecular complexity index is 786. The van der Waals surface area contributed by atoms with Crippen LogP contribution in [0.25, 0.3) is 5.65 Å². The monoisotopic (exact) mass is 393 g/mol. The number of carbonyl (C=O) groups is 1. The van der Waals surface area contributed by atoms with Gasteiger partial charge < -0.3 is 20.3 Å². The fraction of sp³-hybridized carbons (Fsp3) is 0.579. The number of likely N-dealkylation sites (tertiary alicyclic amines) is 1. The summed E-state index contributed by atoms with van der Waals surface area (Å²) in [6.45, 7) is 4.78. The van der Waals surface area contributed by atoms with Crippen molar-refractivity contribution in [1.82, 2.24) is 19.2 Å². The molecule has 2 N–H and O–H groups in total. The summed E-state index contributed by atoms with van der Waals surface area (Å²) >= 11 is 6.20. The van der Waals surface area contributed by atoms with Crippen LogP contribution in [-0.4, -0.2) is 72.0 Å². The maximum Gasteiger partial charge on any atom is 0.257 e. The molecule has 0 aromatic carbocycles. The Morgan fingerprint density at radius 1 is 1.44 bits per heavy atom. The molecule has 3 rings (SSSR count). The molecule has 1 aliphatic heterocycles. The van der Waals surface area contributed by atoms with Crippen LogP contribution < -0.4 is 5.73 Å². The number of aromatic nitrogens is 2. The number of methoxy groups -OCH3 is 1. The molecule has 1 amide bonds. The van der Waals surface area contributed by atoms with E-state index in [1.54, 1.807) is 34.9 Å². The van der Waals surface area contributed by atoms with Crippen molar-refractivity contribution in [3.63, 3.8) is 0 Å². The number of nitrogens with two attached hydrogens (primary N) is 1. The van der Waals surface area contributed by atoms with Gasteiger partial charge in [0.05, 0.1) is 10.6 Å². The largest absolute Gasteiger partial charge is 0.385 e. The molecule has 27 heavy (non-hydrogen) atoms. The standard InChI is InChI=1S/C19H28ClN5O2/c1-23(13-14-4-8-24(9-5-14)7-3-11-27-2)19(26)15-12-16(20)17(21)25-10-6-22-18(15)25/h6,10,12,14H,3-5,7-9,11,13,21H2,1-2H3. The van der Waals surface area contributed by atoms with Gasteiger partial charge in [0.2, 0.25) is 0 Å². The van der Waals surface area contributed by atoms with Crippen molar-refractivity contribution >= 4 is 29.0 Å². The first-order valence-corrected chi connectivity index (χ1v) is 9.77. The molecule has 7 nitrogen and oxygen atoms in total. The van der Waals surface area contributed by atoms with Gasteiger partial charge in [-0.2, -0.15) is 0 Å². The van der Waals surface area contributed by atoms with E-state index in [4.69, 9.17) is 22.1 Å². The highest BCUT2D eigenvalue weighted by atomic mass is 35.5. The van der Waals surface area contributed by atoms with Gasteiger partial charge in [-0.15, -0.1) is 0 Å². The lowest BCUT2D eigenvalue weighted by molar-refractivity contribution is 0.0737. The number of halogens is 1. The maximum atomic E-state index is 13.0. The van der Waals surface area contributed by atoms with Crippen molar-refractivity contribution in [2.75, 3.05) is 52.7 Å². The zero-order chi connectivity index (χ0) is 19.4. The highest BCUT2D eigenvalue weighted by Crippen LogP contribution is 2.25. The van der Waals surface area contributed by atoms with Gasteiger partial charge in [0.25, 0.3) is 5.91 Å². The molecule has 8 heteroatoms. The highest BCUT2D eigenvalue weighted by molar-refractivity contribution is 6.33. The van der Waals surface area contributed by atoms with Crippen LogP contribution in [0.5, 0.6) is 0 Å². The summed E-state index contributed by atoms with van der Waals surface area (Å²) < 4.78 is 6.78. The number of hydrogen-bond donors (Lipinski definition) is 1. The fourth-order valence-electron chi connectivity index (χ4n) is 3.74. The summed E-state index contributed by atoms with van der Waals surface area (Å²) in [5, 5.41) is 0.363. The third-order valence-corrected chi connectivity index (χ3v) is 5.60. The molecule has 0 unspecified atom stereocenters. The summed E-state index contributed by atoms with van der Waals surface area (Å²) in [5.41, 5.74) is 7.00. The minimum atomic E-state index is -0.0735. The Morgan fingerprint density at radius 3 is 2.89 bits per heavy atom. The zero-order valence-electron chi connectivity index (χ0n) is 16.0. The first-order valence-electron chi connectivity index (χ1n) is 9.39. The van der Waals surface area contributed by atoms with E-state index in [0.717, 1.165) is 52.0 Å². The van der Waals surface area contributed by atoms with Gasteiger partial charge in [0, 0.05) is 46.2 Å². The number of rotatable bonds is 7. The predicted octanol–water partition coefficient (Wildman–Crippen LogP) is 2.39. The van der Waals surface area contributed by atoms with Crippen LogP contribution in [0.3, 0.4) is 0 Å². The Kier molecular flexibility index (Phi) is 6.57. The van der Waals surface area contributed by atoms with Gasteiger partial charge in [-0.1, -0.05) is 11.6 Å². The SMILES string of the molecule is COCCCN1CCC(CN(C)C(=O)c2cc(Cl)c(N)n3ccnc23)CC1. The van der Waals surface area contributed by atoms with E-state index in [0.29, 0.717) is 28.0 Å². The van der Waals surface area contributed by atoms with Crippen molar-refractivity contribution in [2.24, 2.45) is 5.92 Å². The van der Waals surface area contributed by atoms with Crippen LogP contribution in [0.2, 0.25) is 5.02 Å². The summed E-state index contributed by atoms with van der Waals surface area (Å²) in [5.74, 6) is 0.831. The lowest BCUT2D eigenvalue weighted by atomic mass is 9.96. The average Bonchev–Trinajstić information content (AvgIpc) is 3.16. The first kappa shape index (κ1) is 19.9. The van der Waals surface area contributed by atoms with Gasteiger partial charge in [0.15, 0.2) is 5.65 Å². The molecule has 0 aliphatic carbocycles. The van der Waals surface area contributed by atoms with Crippen molar-refractivity contribution in [2.45, 2.75) is 19.3 Å². The number of pyridine rings is 1. The van der Waals surface area contributed by atoms with Crippen molar-refractivity contribution in [3.05, 3.63) is 29.0 Å². The minimum absolute atomic E-state index is 0.0735. The van der Waals surface area contributed by atoms with Crippen molar-refractivity contribution < 1.29 is 9.53 Å². The first-order chi connectivity index (χ1) is 13.0. The molecule has 0 spiro atoms. The van der Waals surface area contributed by atoms with Crippen LogP contribution >= 0.6 is 11.6 Å². The number of hydrogen-bond acceptors (Lipinski definition) is 5. The van der Waals surface area contributed by atoms with E-state index < -0.39 is 0 Å². The molecule has 2 aromatic heterocycles. The lowest BCUT2D eigenvalue weighted by Gasteiger charge is -2.33. The second-order valence-electron chi connectivity index (χ2n) is 7.23. The Hall–Kier alpha value is -1.83.